The van der Waals surface area contributed by atoms with E-state index in [0.717, 1.165) is 25.7 Å². The Kier molecular flexibility index (Phi) is 10.4. The van der Waals surface area contributed by atoms with E-state index < -0.39 is 54.3 Å². The summed E-state index contributed by atoms with van der Waals surface area (Å²) in [5.41, 5.74) is 2.54. The van der Waals surface area contributed by atoms with Gasteiger partial charge in [-0.05, 0) is 78.5 Å². The van der Waals surface area contributed by atoms with Gasteiger partial charge in [0.05, 0.1) is 51.5 Å². The van der Waals surface area contributed by atoms with Crippen LogP contribution in [0.2, 0.25) is 0 Å². The highest BCUT2D eigenvalue weighted by molar-refractivity contribution is 5.85. The monoisotopic (exact) mass is 724 g/mol. The number of hydrogen-bond acceptors (Lipinski definition) is 12. The molecule has 7 rings (SSSR count). The zero-order valence-electron chi connectivity index (χ0n) is 29.9. The van der Waals surface area contributed by atoms with Crippen LogP contribution < -0.4 is 18.9 Å². The normalized spacial score (nSPS) is 30.4. The van der Waals surface area contributed by atoms with Crippen molar-refractivity contribution in [2.24, 2.45) is 29.6 Å². The van der Waals surface area contributed by atoms with Crippen molar-refractivity contribution in [2.75, 3.05) is 27.6 Å². The van der Waals surface area contributed by atoms with Crippen LogP contribution in [0.25, 0.3) is 0 Å². The number of carbonyl (C=O) groups is 3. The van der Waals surface area contributed by atoms with E-state index >= 15 is 0 Å². The van der Waals surface area contributed by atoms with Crippen molar-refractivity contribution in [2.45, 2.75) is 95.4 Å². The molecule has 0 amide bonds. The van der Waals surface area contributed by atoms with Crippen molar-refractivity contribution >= 4 is 17.7 Å². The Labute approximate surface area is 302 Å². The van der Waals surface area contributed by atoms with Gasteiger partial charge in [-0.15, -0.1) is 0 Å². The first kappa shape index (κ1) is 36.4. The Bertz CT molecular complexity index is 1660. The highest BCUT2D eigenvalue weighted by Crippen LogP contribution is 2.57. The van der Waals surface area contributed by atoms with Crippen LogP contribution in [0.3, 0.4) is 0 Å². The zero-order chi connectivity index (χ0) is 36.8. The summed E-state index contributed by atoms with van der Waals surface area (Å²) in [4.78, 5) is 37.6. The second-order valence-corrected chi connectivity index (χ2v) is 15.1. The molecule has 52 heavy (non-hydrogen) atoms. The number of ether oxygens (including phenoxy) is 7. The third-order valence-corrected chi connectivity index (χ3v) is 11.3. The van der Waals surface area contributed by atoms with E-state index in [1.807, 2.05) is 12.1 Å². The summed E-state index contributed by atoms with van der Waals surface area (Å²) in [5, 5.41) is 32.0. The van der Waals surface area contributed by atoms with Gasteiger partial charge in [0.15, 0.2) is 17.8 Å². The number of Topliss-reactive ketones (excluding diaryl/α,β-unsaturated/α-hetero) is 1. The maximum absolute atomic E-state index is 13.8. The van der Waals surface area contributed by atoms with Gasteiger partial charge >= 0.3 is 11.9 Å². The number of fused-ring (bicyclic) bond motifs is 3. The van der Waals surface area contributed by atoms with Gasteiger partial charge in [-0.1, -0.05) is 13.8 Å². The van der Waals surface area contributed by atoms with Crippen molar-refractivity contribution in [3.05, 3.63) is 46.5 Å². The van der Waals surface area contributed by atoms with E-state index in [1.54, 1.807) is 12.1 Å². The molecular formula is C39H48O13. The number of esters is 1. The number of benzene rings is 2. The first-order valence-electron chi connectivity index (χ1n) is 18.2. The summed E-state index contributed by atoms with van der Waals surface area (Å²) in [6.07, 6.45) is -1.46. The predicted molar refractivity (Wildman–Crippen MR) is 182 cm³/mol. The van der Waals surface area contributed by atoms with Crippen LogP contribution in [0.15, 0.2) is 24.3 Å². The van der Waals surface area contributed by atoms with Gasteiger partial charge in [-0.25, -0.2) is 0 Å². The number of carbonyl (C=O) groups excluding carboxylic acids is 2. The number of carboxylic acid groups (broad SMARTS) is 1. The number of aliphatic hydroxyl groups excluding tert-OH is 2. The molecule has 3 aliphatic heterocycles. The van der Waals surface area contributed by atoms with E-state index in [-0.39, 0.29) is 50.5 Å². The Morgan fingerprint density at radius 1 is 0.923 bits per heavy atom. The lowest BCUT2D eigenvalue weighted by atomic mass is 9.66. The lowest BCUT2D eigenvalue weighted by Gasteiger charge is -2.46. The highest BCUT2D eigenvalue weighted by Gasteiger charge is 2.56. The average Bonchev–Trinajstić information content (AvgIpc) is 3.73. The molecule has 5 aliphatic rings. The molecule has 3 N–H and O–H groups in total. The number of hydrogen-bond donors (Lipinski definition) is 3. The van der Waals surface area contributed by atoms with Crippen LogP contribution >= 0.6 is 0 Å². The summed E-state index contributed by atoms with van der Waals surface area (Å²) in [6.45, 7) is 4.36. The summed E-state index contributed by atoms with van der Waals surface area (Å²) < 4.78 is 42.1. The second kappa shape index (κ2) is 14.8. The van der Waals surface area contributed by atoms with Crippen LogP contribution in [0, 0.1) is 29.6 Å². The van der Waals surface area contributed by atoms with E-state index in [1.165, 1.54) is 14.2 Å². The van der Waals surface area contributed by atoms with Crippen LogP contribution in [-0.4, -0.2) is 85.3 Å². The Balaban J connectivity index is 1.27. The van der Waals surface area contributed by atoms with Gasteiger partial charge < -0.3 is 48.5 Å². The van der Waals surface area contributed by atoms with E-state index in [0.29, 0.717) is 57.1 Å². The maximum atomic E-state index is 13.8. The molecule has 2 aliphatic carbocycles. The molecule has 282 valence electrons. The molecule has 9 atom stereocenters. The number of rotatable bonds is 14. The SMILES string of the molecule is COc1cc(C2c3cc4c(cc3C(OC3OC(CCC(C)C)C(C5CC5)C(O)[C@@H]3O)[C@H]3COC(=O)C23)OCO4)cc(OC)c1CC(=O)CCC(=O)O. The molecule has 2 aromatic rings. The van der Waals surface area contributed by atoms with Crippen LogP contribution in [0.5, 0.6) is 23.0 Å². The largest absolute Gasteiger partial charge is 0.496 e. The van der Waals surface area contributed by atoms with Crippen molar-refractivity contribution in [3.63, 3.8) is 0 Å². The summed E-state index contributed by atoms with van der Waals surface area (Å²) in [7, 11) is 2.94. The molecule has 0 radical (unpaired) electrons. The second-order valence-electron chi connectivity index (χ2n) is 15.1. The minimum atomic E-state index is -1.30. The molecule has 0 aromatic heterocycles. The molecule has 2 aromatic carbocycles. The van der Waals surface area contributed by atoms with Gasteiger partial charge in [0, 0.05) is 36.2 Å². The number of carboxylic acids is 1. The van der Waals surface area contributed by atoms with Crippen molar-refractivity contribution < 1.29 is 62.9 Å². The first-order valence-corrected chi connectivity index (χ1v) is 18.2. The van der Waals surface area contributed by atoms with Crippen molar-refractivity contribution in [1.29, 1.82) is 0 Å². The fourth-order valence-electron chi connectivity index (χ4n) is 8.61. The molecule has 3 heterocycles. The Morgan fingerprint density at radius 3 is 2.21 bits per heavy atom. The third kappa shape index (κ3) is 6.95. The van der Waals surface area contributed by atoms with Gasteiger partial charge in [-0.3, -0.25) is 14.4 Å². The smallest absolute Gasteiger partial charge is 0.310 e. The zero-order valence-corrected chi connectivity index (χ0v) is 29.9. The van der Waals surface area contributed by atoms with Gasteiger partial charge in [0.1, 0.15) is 23.4 Å². The molecule has 0 bridgehead atoms. The number of aliphatic carboxylic acids is 1. The topological polar surface area (TPSA) is 177 Å². The summed E-state index contributed by atoms with van der Waals surface area (Å²) >= 11 is 0. The van der Waals surface area contributed by atoms with Gasteiger partial charge in [0.2, 0.25) is 6.79 Å². The molecule has 13 nitrogen and oxygen atoms in total. The first-order chi connectivity index (χ1) is 25.0. The molecule has 2 saturated heterocycles. The van der Waals surface area contributed by atoms with Crippen molar-refractivity contribution in [1.82, 2.24) is 0 Å². The molecule has 0 spiro atoms. The fraction of sp³-hybridized carbons (Fsp3) is 0.615. The predicted octanol–water partition coefficient (Wildman–Crippen LogP) is 4.31. The molecule has 7 unspecified atom stereocenters. The van der Waals surface area contributed by atoms with Crippen LogP contribution in [0.4, 0.5) is 0 Å². The molecule has 13 heteroatoms. The molecule has 3 fully saturated rings. The highest BCUT2D eigenvalue weighted by atomic mass is 16.7. The maximum Gasteiger partial charge on any atom is 0.310 e. The number of ketones is 1. The summed E-state index contributed by atoms with van der Waals surface area (Å²) in [5.74, 6) is -1.35. The van der Waals surface area contributed by atoms with Gasteiger partial charge in [0.25, 0.3) is 0 Å². The number of methoxy groups -OCH3 is 2. The van der Waals surface area contributed by atoms with E-state index in [9.17, 15) is 24.6 Å². The minimum absolute atomic E-state index is 0.0201. The number of cyclic esters (lactones) is 1. The fourth-order valence-corrected chi connectivity index (χ4v) is 8.61. The summed E-state index contributed by atoms with van der Waals surface area (Å²) in [6, 6.07) is 7.22. The molecular weight excluding hydrogens is 676 g/mol. The molecule has 1 saturated carbocycles. The van der Waals surface area contributed by atoms with Crippen LogP contribution in [-0.2, 0) is 35.0 Å². The number of aliphatic hydroxyl groups is 2. The van der Waals surface area contributed by atoms with Crippen LogP contribution in [0.1, 0.15) is 86.6 Å². The van der Waals surface area contributed by atoms with E-state index in [2.05, 4.69) is 13.8 Å². The van der Waals surface area contributed by atoms with Gasteiger partial charge in [-0.2, -0.15) is 0 Å². The lowest BCUT2D eigenvalue weighted by molar-refractivity contribution is -0.308. The third-order valence-electron chi connectivity index (χ3n) is 11.3. The minimum Gasteiger partial charge on any atom is -0.496 e. The quantitative estimate of drug-likeness (QED) is 0.235. The average molecular weight is 725 g/mol. The Hall–Kier alpha value is -3.91. The van der Waals surface area contributed by atoms with Crippen molar-refractivity contribution in [3.8, 4) is 23.0 Å². The standard InChI is InChI=1S/C39H48O13/c1-18(2)5-9-26-33(19-6-7-19)35(43)36(44)39(51-26)52-37-23-15-30-29(49-17-50-30)14-22(23)32(34-25(37)16-48-38(34)45)20-11-27(46-3)24(28(12-20)47-4)13-21(40)8-10-31(41)42/h11-12,14-15,18-19,25-26,32-37,39,43-44H,5-10,13,16-17H2,1-4H3,(H,41,42)/t25-,26?,32?,33?,34?,35?,36-,37?,39?/m0/s1. The lowest BCUT2D eigenvalue weighted by Crippen LogP contribution is -2.56. The Morgan fingerprint density at radius 2 is 1.60 bits per heavy atom. The van der Waals surface area contributed by atoms with E-state index in [4.69, 9.17) is 38.3 Å².